The Balaban J connectivity index is 2.48. The average molecular weight is 239 g/mol. The maximum atomic E-state index is 11.1. The van der Waals surface area contributed by atoms with Crippen LogP contribution in [0, 0.1) is 0 Å². The first kappa shape index (κ1) is 10.8. The molecule has 0 radical (unpaired) electrons. The summed E-state index contributed by atoms with van der Waals surface area (Å²) in [5.74, 6) is -0.884. The molecule has 1 N–H and O–H groups in total. The van der Waals surface area contributed by atoms with Gasteiger partial charge in [0, 0.05) is 28.4 Å². The van der Waals surface area contributed by atoms with Crippen LogP contribution >= 0.6 is 0 Å². The van der Waals surface area contributed by atoms with E-state index >= 15 is 0 Å². The van der Waals surface area contributed by atoms with E-state index < -0.39 is 5.97 Å². The van der Waals surface area contributed by atoms with Gasteiger partial charge in [0.15, 0.2) is 0 Å². The number of hydrogen-bond donors (Lipinski definition) is 1. The van der Waals surface area contributed by atoms with Gasteiger partial charge in [-0.1, -0.05) is 24.3 Å². The van der Waals surface area contributed by atoms with Gasteiger partial charge in [-0.2, -0.15) is 0 Å². The highest BCUT2D eigenvalue weighted by molar-refractivity contribution is 6.09. The third kappa shape index (κ3) is 1.40. The fourth-order valence-corrected chi connectivity index (χ4v) is 2.52. The molecule has 0 fully saturated rings. The molecular formula is C15H13NO2. The lowest BCUT2D eigenvalue weighted by molar-refractivity contribution is 0.0697. The molecule has 1 aromatic heterocycles. The quantitative estimate of drug-likeness (QED) is 0.743. The van der Waals surface area contributed by atoms with Crippen LogP contribution in [0.3, 0.4) is 0 Å². The molecular weight excluding hydrogens is 226 g/mol. The number of hydrogen-bond acceptors (Lipinski definition) is 1. The third-order valence-corrected chi connectivity index (χ3v) is 3.34. The summed E-state index contributed by atoms with van der Waals surface area (Å²) >= 11 is 0. The highest BCUT2D eigenvalue weighted by atomic mass is 16.4. The van der Waals surface area contributed by atoms with Gasteiger partial charge in [0.25, 0.3) is 0 Å². The lowest BCUT2D eigenvalue weighted by Crippen LogP contribution is -1.97. The molecule has 0 saturated carbocycles. The first-order valence-electron chi connectivity index (χ1n) is 5.96. The Morgan fingerprint density at radius 1 is 1.11 bits per heavy atom. The Kier molecular flexibility index (Phi) is 2.33. The second kappa shape index (κ2) is 3.88. The van der Waals surface area contributed by atoms with Crippen LogP contribution in [0.25, 0.3) is 21.8 Å². The molecule has 18 heavy (non-hydrogen) atoms. The van der Waals surface area contributed by atoms with Crippen molar-refractivity contribution in [1.82, 2.24) is 4.57 Å². The minimum atomic E-state index is -0.884. The lowest BCUT2D eigenvalue weighted by Gasteiger charge is -2.03. The van der Waals surface area contributed by atoms with Crippen LogP contribution in [0.4, 0.5) is 0 Å². The van der Waals surface area contributed by atoms with E-state index in [1.54, 1.807) is 12.1 Å². The zero-order valence-corrected chi connectivity index (χ0v) is 10.1. The Hall–Kier alpha value is -2.29. The van der Waals surface area contributed by atoms with Gasteiger partial charge in [0.05, 0.1) is 5.56 Å². The first-order valence-corrected chi connectivity index (χ1v) is 5.96. The van der Waals surface area contributed by atoms with E-state index in [0.29, 0.717) is 5.56 Å². The maximum Gasteiger partial charge on any atom is 0.335 e. The fourth-order valence-electron chi connectivity index (χ4n) is 2.52. The Morgan fingerprint density at radius 2 is 1.83 bits per heavy atom. The minimum absolute atomic E-state index is 0.333. The largest absolute Gasteiger partial charge is 0.478 e. The highest BCUT2D eigenvalue weighted by Crippen LogP contribution is 2.29. The number of fused-ring (bicyclic) bond motifs is 3. The van der Waals surface area contributed by atoms with E-state index in [1.807, 2.05) is 18.2 Å². The second-order valence-electron chi connectivity index (χ2n) is 4.30. The van der Waals surface area contributed by atoms with Crippen LogP contribution in [-0.2, 0) is 6.54 Å². The molecule has 0 spiro atoms. The summed E-state index contributed by atoms with van der Waals surface area (Å²) in [5.41, 5.74) is 2.47. The van der Waals surface area contributed by atoms with Crippen LogP contribution in [-0.4, -0.2) is 15.6 Å². The molecule has 0 atom stereocenters. The number of rotatable bonds is 2. The normalized spacial score (nSPS) is 11.2. The van der Waals surface area contributed by atoms with Gasteiger partial charge in [-0.3, -0.25) is 0 Å². The number of aromatic nitrogens is 1. The van der Waals surface area contributed by atoms with E-state index in [4.69, 9.17) is 5.11 Å². The zero-order chi connectivity index (χ0) is 12.7. The van der Waals surface area contributed by atoms with Gasteiger partial charge in [-0.25, -0.2) is 4.79 Å². The number of para-hydroxylation sites is 1. The molecule has 0 amide bonds. The van der Waals surface area contributed by atoms with E-state index in [-0.39, 0.29) is 0 Å². The average Bonchev–Trinajstić information content (AvgIpc) is 2.71. The van der Waals surface area contributed by atoms with E-state index in [2.05, 4.69) is 23.6 Å². The summed E-state index contributed by atoms with van der Waals surface area (Å²) in [6.07, 6.45) is 0. The molecule has 3 nitrogen and oxygen atoms in total. The SMILES string of the molecule is CCn1c2ccccc2c2ccc(C(=O)O)cc21. The van der Waals surface area contributed by atoms with Crippen molar-refractivity contribution in [3.05, 3.63) is 48.0 Å². The molecule has 3 heteroatoms. The van der Waals surface area contributed by atoms with Crippen molar-refractivity contribution in [1.29, 1.82) is 0 Å². The maximum absolute atomic E-state index is 11.1. The smallest absolute Gasteiger partial charge is 0.335 e. The predicted octanol–water partition coefficient (Wildman–Crippen LogP) is 3.51. The molecule has 90 valence electrons. The molecule has 0 aliphatic carbocycles. The lowest BCUT2D eigenvalue weighted by atomic mass is 10.1. The zero-order valence-electron chi connectivity index (χ0n) is 10.1. The topological polar surface area (TPSA) is 42.2 Å². The predicted molar refractivity (Wildman–Crippen MR) is 72.1 cm³/mol. The summed E-state index contributed by atoms with van der Waals surface area (Å²) in [4.78, 5) is 11.1. The van der Waals surface area contributed by atoms with Crippen molar-refractivity contribution in [2.24, 2.45) is 0 Å². The molecule has 3 rings (SSSR count). The van der Waals surface area contributed by atoms with Crippen molar-refractivity contribution in [2.75, 3.05) is 0 Å². The van der Waals surface area contributed by atoms with Crippen LogP contribution in [0.15, 0.2) is 42.5 Å². The van der Waals surface area contributed by atoms with Crippen molar-refractivity contribution >= 4 is 27.8 Å². The van der Waals surface area contributed by atoms with Gasteiger partial charge in [0.1, 0.15) is 0 Å². The van der Waals surface area contributed by atoms with E-state index in [0.717, 1.165) is 23.0 Å². The molecule has 0 aliphatic rings. The summed E-state index contributed by atoms with van der Waals surface area (Å²) in [5, 5.41) is 11.4. The number of carboxylic acid groups (broad SMARTS) is 1. The number of aromatic carboxylic acids is 1. The van der Waals surface area contributed by atoms with E-state index in [9.17, 15) is 4.79 Å². The third-order valence-electron chi connectivity index (χ3n) is 3.34. The summed E-state index contributed by atoms with van der Waals surface area (Å²) in [7, 11) is 0. The summed E-state index contributed by atoms with van der Waals surface area (Å²) in [6, 6.07) is 13.5. The number of nitrogens with zero attached hydrogens (tertiary/aromatic N) is 1. The van der Waals surface area contributed by atoms with Gasteiger partial charge in [0.2, 0.25) is 0 Å². The van der Waals surface area contributed by atoms with Gasteiger partial charge in [-0.15, -0.1) is 0 Å². The van der Waals surface area contributed by atoms with Crippen LogP contribution in [0.2, 0.25) is 0 Å². The molecule has 3 aromatic rings. The highest BCUT2D eigenvalue weighted by Gasteiger charge is 2.11. The molecule has 0 saturated heterocycles. The minimum Gasteiger partial charge on any atom is -0.478 e. The van der Waals surface area contributed by atoms with Crippen LogP contribution in [0.5, 0.6) is 0 Å². The summed E-state index contributed by atoms with van der Waals surface area (Å²) in [6.45, 7) is 2.90. The Bertz CT molecular complexity index is 756. The van der Waals surface area contributed by atoms with Gasteiger partial charge >= 0.3 is 5.97 Å². The van der Waals surface area contributed by atoms with Gasteiger partial charge < -0.3 is 9.67 Å². The number of aryl methyl sites for hydroxylation is 1. The number of carboxylic acids is 1. The first-order chi connectivity index (χ1) is 8.72. The number of benzene rings is 2. The second-order valence-corrected chi connectivity index (χ2v) is 4.30. The van der Waals surface area contributed by atoms with Crippen LogP contribution in [0.1, 0.15) is 17.3 Å². The Morgan fingerprint density at radius 3 is 2.56 bits per heavy atom. The van der Waals surface area contributed by atoms with E-state index in [1.165, 1.54) is 5.39 Å². The van der Waals surface area contributed by atoms with Crippen molar-refractivity contribution in [2.45, 2.75) is 13.5 Å². The summed E-state index contributed by atoms with van der Waals surface area (Å²) < 4.78 is 2.15. The van der Waals surface area contributed by atoms with Crippen molar-refractivity contribution < 1.29 is 9.90 Å². The van der Waals surface area contributed by atoms with Crippen LogP contribution < -0.4 is 0 Å². The number of carbonyl (C=O) groups is 1. The Labute approximate surface area is 104 Å². The van der Waals surface area contributed by atoms with Crippen molar-refractivity contribution in [3.8, 4) is 0 Å². The molecule has 1 heterocycles. The molecule has 0 bridgehead atoms. The molecule has 0 unspecified atom stereocenters. The molecule has 0 aliphatic heterocycles. The fraction of sp³-hybridized carbons (Fsp3) is 0.133. The monoisotopic (exact) mass is 239 g/mol. The van der Waals surface area contributed by atoms with Crippen molar-refractivity contribution in [3.63, 3.8) is 0 Å². The van der Waals surface area contributed by atoms with Gasteiger partial charge in [-0.05, 0) is 25.1 Å². The molecule has 2 aromatic carbocycles. The standard InChI is InChI=1S/C15H13NO2/c1-2-16-13-6-4-3-5-11(13)12-8-7-10(15(17)18)9-14(12)16/h3-9H,2H2,1H3,(H,17,18).